The number of alkyl halides is 3. The van der Waals surface area contributed by atoms with Gasteiger partial charge in [-0.2, -0.15) is 13.2 Å². The molecule has 0 aliphatic carbocycles. The van der Waals surface area contributed by atoms with Crippen LogP contribution in [0.15, 0.2) is 4.99 Å². The summed E-state index contributed by atoms with van der Waals surface area (Å²) in [5.74, 6) is 1.56. The molecule has 2 N–H and O–H groups in total. The van der Waals surface area contributed by atoms with Gasteiger partial charge in [-0.1, -0.05) is 6.92 Å². The fourth-order valence-electron chi connectivity index (χ4n) is 2.68. The first-order chi connectivity index (χ1) is 11.9. The second-order valence-electron chi connectivity index (χ2n) is 6.59. The number of aliphatic imine (C=N–C) groups is 1. The zero-order valence-electron chi connectivity index (χ0n) is 15.9. The fraction of sp³-hybridized carbons (Fsp3) is 0.941. The highest BCUT2D eigenvalue weighted by atomic mass is 127. The maximum atomic E-state index is 11.9. The Morgan fingerprint density at radius 3 is 2.50 bits per heavy atom. The summed E-state index contributed by atoms with van der Waals surface area (Å²) in [6.45, 7) is 8.66. The highest BCUT2D eigenvalue weighted by Gasteiger charge is 2.27. The molecular weight excluding hydrogens is 460 g/mol. The van der Waals surface area contributed by atoms with Crippen molar-refractivity contribution >= 4 is 29.9 Å². The Balaban J connectivity index is 0.00000625. The molecule has 1 fully saturated rings. The van der Waals surface area contributed by atoms with Crippen molar-refractivity contribution in [2.24, 2.45) is 10.9 Å². The smallest absolute Gasteiger partial charge is 0.372 e. The number of likely N-dealkylation sites (tertiary alicyclic amines) is 1. The summed E-state index contributed by atoms with van der Waals surface area (Å²) in [5.41, 5.74) is 0. The fourth-order valence-corrected chi connectivity index (χ4v) is 2.68. The van der Waals surface area contributed by atoms with Crippen molar-refractivity contribution < 1.29 is 17.9 Å². The SMILES string of the molecule is CCNC(=NCCCOCC(F)(F)F)NCCCN1CCC(C)CC1.I. The number of nitrogens with zero attached hydrogens (tertiary/aromatic N) is 2. The van der Waals surface area contributed by atoms with Crippen molar-refractivity contribution in [2.45, 2.75) is 45.7 Å². The predicted octanol–water partition coefficient (Wildman–Crippen LogP) is 3.25. The molecule has 0 radical (unpaired) electrons. The molecule has 5 nitrogen and oxygen atoms in total. The molecule has 0 unspecified atom stereocenters. The summed E-state index contributed by atoms with van der Waals surface area (Å²) in [5, 5.41) is 6.42. The molecule has 9 heteroatoms. The molecule has 0 spiro atoms. The van der Waals surface area contributed by atoms with Gasteiger partial charge in [-0.25, -0.2) is 0 Å². The van der Waals surface area contributed by atoms with Crippen molar-refractivity contribution in [1.82, 2.24) is 15.5 Å². The molecule has 1 aliphatic rings. The van der Waals surface area contributed by atoms with Crippen molar-refractivity contribution in [1.29, 1.82) is 0 Å². The Hall–Kier alpha value is -0.290. The number of halogens is 4. The van der Waals surface area contributed by atoms with E-state index in [1.54, 1.807) is 0 Å². The summed E-state index contributed by atoms with van der Waals surface area (Å²) < 4.78 is 40.4. The molecule has 0 aromatic heterocycles. The van der Waals surface area contributed by atoms with Crippen LogP contribution in [0.5, 0.6) is 0 Å². The van der Waals surface area contributed by atoms with Crippen LogP contribution in [-0.2, 0) is 4.74 Å². The minimum atomic E-state index is -4.26. The Morgan fingerprint density at radius 2 is 1.88 bits per heavy atom. The topological polar surface area (TPSA) is 48.9 Å². The monoisotopic (exact) mass is 494 g/mol. The van der Waals surface area contributed by atoms with Crippen LogP contribution in [-0.4, -0.2) is 69.5 Å². The number of guanidine groups is 1. The average Bonchev–Trinajstić information content (AvgIpc) is 2.55. The molecule has 1 aliphatic heterocycles. The van der Waals surface area contributed by atoms with Crippen molar-refractivity contribution in [3.8, 4) is 0 Å². The minimum absolute atomic E-state index is 0. The Bertz CT molecular complexity index is 376. The maximum Gasteiger partial charge on any atom is 0.411 e. The summed E-state index contributed by atoms with van der Waals surface area (Å²) >= 11 is 0. The molecule has 26 heavy (non-hydrogen) atoms. The van der Waals surface area contributed by atoms with Crippen molar-refractivity contribution in [2.75, 3.05) is 52.5 Å². The molecule has 156 valence electrons. The Kier molecular flexibility index (Phi) is 14.6. The number of nitrogens with one attached hydrogen (secondary N) is 2. The lowest BCUT2D eigenvalue weighted by atomic mass is 9.99. The quantitative estimate of drug-likeness (QED) is 0.212. The van der Waals surface area contributed by atoms with Gasteiger partial charge in [0.1, 0.15) is 6.61 Å². The largest absolute Gasteiger partial charge is 0.411 e. The van der Waals surface area contributed by atoms with Crippen LogP contribution in [0.25, 0.3) is 0 Å². The van der Waals surface area contributed by atoms with E-state index in [0.717, 1.165) is 32.0 Å². The number of rotatable bonds is 10. The molecule has 1 rings (SSSR count). The zero-order valence-corrected chi connectivity index (χ0v) is 18.2. The number of piperidine rings is 1. The maximum absolute atomic E-state index is 11.9. The molecule has 0 aromatic rings. The van der Waals surface area contributed by atoms with Gasteiger partial charge in [0.05, 0.1) is 0 Å². The lowest BCUT2D eigenvalue weighted by molar-refractivity contribution is -0.173. The van der Waals surface area contributed by atoms with Gasteiger partial charge in [0.25, 0.3) is 0 Å². The Morgan fingerprint density at radius 1 is 1.19 bits per heavy atom. The number of hydrogen-bond acceptors (Lipinski definition) is 3. The van der Waals surface area contributed by atoms with Gasteiger partial charge in [-0.15, -0.1) is 24.0 Å². The zero-order chi connectivity index (χ0) is 18.5. The third kappa shape index (κ3) is 13.9. The van der Waals surface area contributed by atoms with Crippen LogP contribution in [0.1, 0.15) is 39.5 Å². The average molecular weight is 494 g/mol. The van der Waals surface area contributed by atoms with Crippen LogP contribution in [0, 0.1) is 5.92 Å². The second-order valence-corrected chi connectivity index (χ2v) is 6.59. The van der Waals surface area contributed by atoms with E-state index in [-0.39, 0.29) is 30.6 Å². The predicted molar refractivity (Wildman–Crippen MR) is 110 cm³/mol. The van der Waals surface area contributed by atoms with E-state index in [9.17, 15) is 13.2 Å². The molecule has 0 saturated carbocycles. The van der Waals surface area contributed by atoms with Gasteiger partial charge in [-0.05, 0) is 58.2 Å². The highest BCUT2D eigenvalue weighted by Crippen LogP contribution is 2.15. The van der Waals surface area contributed by atoms with Crippen LogP contribution in [0.2, 0.25) is 0 Å². The minimum Gasteiger partial charge on any atom is -0.372 e. The standard InChI is InChI=1S/C17H33F3N4O.HI/c1-3-21-16(23-9-5-13-25-14-17(18,19)20)22-8-4-10-24-11-6-15(2)7-12-24;/h15H,3-14H2,1-2H3,(H2,21,22,23);1H. The van der Waals surface area contributed by atoms with Crippen LogP contribution < -0.4 is 10.6 Å². The van der Waals surface area contributed by atoms with Crippen LogP contribution >= 0.6 is 24.0 Å². The van der Waals surface area contributed by atoms with E-state index in [0.29, 0.717) is 18.9 Å². The third-order valence-electron chi connectivity index (χ3n) is 4.15. The van der Waals surface area contributed by atoms with Crippen molar-refractivity contribution in [3.05, 3.63) is 0 Å². The van der Waals surface area contributed by atoms with Crippen LogP contribution in [0.3, 0.4) is 0 Å². The van der Waals surface area contributed by atoms with E-state index in [4.69, 9.17) is 0 Å². The highest BCUT2D eigenvalue weighted by molar-refractivity contribution is 14.0. The normalized spacial score (nSPS) is 17.0. The summed E-state index contributed by atoms with van der Waals surface area (Å²) in [7, 11) is 0. The molecule has 0 amide bonds. The first-order valence-electron chi connectivity index (χ1n) is 9.29. The number of ether oxygens (including phenoxy) is 1. The summed E-state index contributed by atoms with van der Waals surface area (Å²) in [4.78, 5) is 6.86. The van der Waals surface area contributed by atoms with Gasteiger partial charge in [0, 0.05) is 26.2 Å². The first-order valence-corrected chi connectivity index (χ1v) is 9.29. The van der Waals surface area contributed by atoms with Gasteiger partial charge in [0.2, 0.25) is 0 Å². The lowest BCUT2D eigenvalue weighted by Gasteiger charge is -2.30. The summed E-state index contributed by atoms with van der Waals surface area (Å²) in [6, 6.07) is 0. The van der Waals surface area contributed by atoms with E-state index in [1.807, 2.05) is 6.92 Å². The molecule has 1 heterocycles. The summed E-state index contributed by atoms with van der Waals surface area (Å²) in [6.07, 6.45) is -0.167. The van der Waals surface area contributed by atoms with E-state index < -0.39 is 12.8 Å². The second kappa shape index (κ2) is 14.7. The van der Waals surface area contributed by atoms with Gasteiger partial charge < -0.3 is 20.3 Å². The van der Waals surface area contributed by atoms with Crippen LogP contribution in [0.4, 0.5) is 13.2 Å². The van der Waals surface area contributed by atoms with E-state index in [2.05, 4.69) is 32.2 Å². The molecule has 0 atom stereocenters. The van der Waals surface area contributed by atoms with Crippen molar-refractivity contribution in [3.63, 3.8) is 0 Å². The molecule has 0 bridgehead atoms. The van der Waals surface area contributed by atoms with Gasteiger partial charge in [0.15, 0.2) is 5.96 Å². The van der Waals surface area contributed by atoms with Gasteiger partial charge >= 0.3 is 6.18 Å². The van der Waals surface area contributed by atoms with E-state index >= 15 is 0 Å². The molecule has 0 aromatic carbocycles. The lowest BCUT2D eigenvalue weighted by Crippen LogP contribution is -2.39. The molecular formula is C17H34F3IN4O. The van der Waals surface area contributed by atoms with E-state index in [1.165, 1.54) is 25.9 Å². The van der Waals surface area contributed by atoms with Gasteiger partial charge in [-0.3, -0.25) is 4.99 Å². The molecule has 1 saturated heterocycles. The first kappa shape index (κ1) is 25.7. The Labute approximate surface area is 172 Å². The number of hydrogen-bond donors (Lipinski definition) is 2. The third-order valence-corrected chi connectivity index (χ3v) is 4.15.